The number of guanidine groups is 1. The van der Waals surface area contributed by atoms with Gasteiger partial charge in [-0.25, -0.2) is 9.79 Å². The number of hydrogen-bond acceptors (Lipinski definition) is 6. The summed E-state index contributed by atoms with van der Waals surface area (Å²) in [6.07, 6.45) is 2.18. The number of aliphatic imine (C=N–C) groups is 1. The fraction of sp³-hybridized carbons (Fsp3) is 0.444. The average Bonchev–Trinajstić information content (AvgIpc) is 3.44. The molecule has 0 bridgehead atoms. The van der Waals surface area contributed by atoms with E-state index < -0.39 is 18.2 Å². The number of carbonyl (C=O) groups is 2. The largest absolute Gasteiger partial charge is 0.396 e. The Morgan fingerprint density at radius 2 is 1.81 bits per heavy atom. The van der Waals surface area contributed by atoms with Crippen LogP contribution in [0.3, 0.4) is 0 Å². The molecule has 0 radical (unpaired) electrons. The number of nitrogens with one attached hydrogen (secondary N) is 1. The predicted molar refractivity (Wildman–Crippen MR) is 147 cm³/mol. The van der Waals surface area contributed by atoms with Crippen molar-refractivity contribution >= 4 is 46.8 Å². The molecule has 3 amide bonds. The first-order valence-corrected chi connectivity index (χ1v) is 13.4. The molecule has 37 heavy (non-hydrogen) atoms. The summed E-state index contributed by atoms with van der Waals surface area (Å²) in [6.45, 7) is 4.26. The van der Waals surface area contributed by atoms with Crippen molar-refractivity contribution < 1.29 is 14.7 Å². The van der Waals surface area contributed by atoms with E-state index >= 15 is 0 Å². The smallest absolute Gasteiger partial charge is 0.328 e. The molecule has 2 aromatic carbocycles. The van der Waals surface area contributed by atoms with Crippen LogP contribution in [0.1, 0.15) is 49.3 Å². The van der Waals surface area contributed by atoms with Gasteiger partial charge in [0.15, 0.2) is 12.2 Å². The van der Waals surface area contributed by atoms with E-state index in [-0.39, 0.29) is 19.1 Å². The third-order valence-corrected chi connectivity index (χ3v) is 7.88. The van der Waals surface area contributed by atoms with Crippen LogP contribution in [0.15, 0.2) is 41.4 Å². The number of hydrogen-bond donors (Lipinski definition) is 2. The van der Waals surface area contributed by atoms with Gasteiger partial charge in [-0.05, 0) is 66.1 Å². The van der Waals surface area contributed by atoms with Gasteiger partial charge < -0.3 is 20.2 Å². The Morgan fingerprint density at radius 1 is 1.05 bits per heavy atom. The van der Waals surface area contributed by atoms with Crippen molar-refractivity contribution in [3.8, 4) is 0 Å². The highest BCUT2D eigenvalue weighted by Gasteiger charge is 2.51. The molecule has 2 aromatic rings. The number of imide groups is 1. The van der Waals surface area contributed by atoms with Crippen molar-refractivity contribution in [1.29, 1.82) is 0 Å². The first kappa shape index (κ1) is 27.2. The summed E-state index contributed by atoms with van der Waals surface area (Å²) >= 11 is 12.1. The Balaban J connectivity index is 0.00000156. The second kappa shape index (κ2) is 11.3. The minimum Gasteiger partial charge on any atom is -0.396 e. The van der Waals surface area contributed by atoms with E-state index in [9.17, 15) is 14.7 Å². The molecule has 1 saturated heterocycles. The minimum absolute atomic E-state index is 0.0930. The molecule has 0 aromatic heterocycles. The van der Waals surface area contributed by atoms with Crippen molar-refractivity contribution in [3.05, 3.63) is 63.1 Å². The zero-order valence-electron chi connectivity index (χ0n) is 21.5. The number of likely N-dealkylation sites (N-methyl/N-ethyl adjacent to an activating group) is 2. The summed E-state index contributed by atoms with van der Waals surface area (Å²) in [5, 5.41) is 13.5. The van der Waals surface area contributed by atoms with E-state index in [0.29, 0.717) is 27.5 Å². The number of nitrogens with zero attached hydrogens (tertiary/aromatic N) is 4. The fourth-order valence-corrected chi connectivity index (χ4v) is 5.53. The highest BCUT2D eigenvalue weighted by molar-refractivity contribution is 6.42. The van der Waals surface area contributed by atoms with Gasteiger partial charge in [0.25, 0.3) is 5.91 Å². The van der Waals surface area contributed by atoms with E-state index in [2.05, 4.69) is 17.4 Å². The second-order valence-corrected chi connectivity index (χ2v) is 10.1. The second-order valence-electron chi connectivity index (χ2n) is 9.27. The lowest BCUT2D eigenvalue weighted by Crippen LogP contribution is -2.64. The van der Waals surface area contributed by atoms with Crippen LogP contribution in [-0.4, -0.2) is 70.6 Å². The summed E-state index contributed by atoms with van der Waals surface area (Å²) in [5.41, 5.74) is 4.14. The zero-order chi connectivity index (χ0) is 26.9. The van der Waals surface area contributed by atoms with E-state index in [1.807, 2.05) is 19.9 Å². The van der Waals surface area contributed by atoms with Crippen LogP contribution < -0.4 is 5.32 Å². The molecule has 2 N–H and O–H groups in total. The molecule has 5 rings (SSSR count). The first-order chi connectivity index (χ1) is 17.8. The Hall–Kier alpha value is -2.81. The number of aryl methyl sites for hydroxylation is 1. The molecule has 1 aliphatic carbocycles. The first-order valence-electron chi connectivity index (χ1n) is 12.6. The van der Waals surface area contributed by atoms with Crippen molar-refractivity contribution in [2.24, 2.45) is 4.99 Å². The van der Waals surface area contributed by atoms with Crippen LogP contribution in [0, 0.1) is 0 Å². The fourth-order valence-electron chi connectivity index (χ4n) is 5.20. The minimum atomic E-state index is -0.639. The zero-order valence-corrected chi connectivity index (χ0v) is 23.1. The number of aliphatic hydroxyl groups excluding tert-OH is 1. The van der Waals surface area contributed by atoms with Crippen LogP contribution >= 0.6 is 23.2 Å². The quantitative estimate of drug-likeness (QED) is 0.555. The summed E-state index contributed by atoms with van der Waals surface area (Å²) in [7, 11) is 3.46. The molecule has 0 saturated carbocycles. The molecule has 2 heterocycles. The summed E-state index contributed by atoms with van der Waals surface area (Å²) in [6, 6.07) is 10.2. The van der Waals surface area contributed by atoms with Gasteiger partial charge in [-0.3, -0.25) is 9.69 Å². The molecular formula is C27H33Cl2N5O3. The lowest BCUT2D eigenvalue weighted by Gasteiger charge is -2.40. The van der Waals surface area contributed by atoms with Crippen LogP contribution in [0.5, 0.6) is 0 Å². The number of anilines is 1. The highest BCUT2D eigenvalue weighted by Crippen LogP contribution is 2.37. The van der Waals surface area contributed by atoms with Crippen molar-refractivity contribution in [2.45, 2.75) is 57.8 Å². The standard InChI is InChI=1S/C25H27Cl2N5O3.C2H6/c1-30-21-22(29-24(30)28-17-7-6-15-4-5-16(9-10-33)18(15)12-17)31(2)25(35)32(23(21)34)13-14-3-8-19(26)20(27)11-14;1-2/h3,6-8,11-12,16,21-22,33H,4-5,9-10,13H2,1-2H3,(H,28,29);1-2H3. The number of carbonyl (C=O) groups excluding carboxylic acids is 2. The van der Waals surface area contributed by atoms with Crippen LogP contribution in [0.2, 0.25) is 10.0 Å². The molecule has 3 aliphatic rings. The number of urea groups is 1. The number of amides is 3. The van der Waals surface area contributed by atoms with Gasteiger partial charge in [-0.1, -0.05) is 49.2 Å². The van der Waals surface area contributed by atoms with Crippen molar-refractivity contribution in [2.75, 3.05) is 26.0 Å². The Morgan fingerprint density at radius 3 is 2.51 bits per heavy atom. The summed E-state index contributed by atoms with van der Waals surface area (Å²) in [4.78, 5) is 35.7. The molecule has 3 atom stereocenters. The van der Waals surface area contributed by atoms with Gasteiger partial charge in [0, 0.05) is 26.4 Å². The maximum absolute atomic E-state index is 13.4. The maximum Gasteiger partial charge on any atom is 0.328 e. The van der Waals surface area contributed by atoms with Gasteiger partial charge in [0.05, 0.1) is 16.6 Å². The highest BCUT2D eigenvalue weighted by atomic mass is 35.5. The summed E-state index contributed by atoms with van der Waals surface area (Å²) in [5.74, 6) is 0.563. The number of fused-ring (bicyclic) bond motifs is 2. The molecule has 1 fully saturated rings. The molecule has 2 aliphatic heterocycles. The SMILES string of the molecule is CC.CN1C(=O)N(Cc2ccc(Cl)c(Cl)c2)C(=O)C2C1N=C(Nc1ccc3c(c1)C(CCO)CC3)N2C. The lowest BCUT2D eigenvalue weighted by atomic mass is 9.98. The van der Waals surface area contributed by atoms with Gasteiger partial charge in [0.1, 0.15) is 0 Å². The van der Waals surface area contributed by atoms with E-state index in [0.717, 1.165) is 24.9 Å². The average molecular weight is 546 g/mol. The monoisotopic (exact) mass is 545 g/mol. The van der Waals surface area contributed by atoms with E-state index in [1.165, 1.54) is 20.9 Å². The Bertz CT molecular complexity index is 1220. The third-order valence-electron chi connectivity index (χ3n) is 7.14. The molecule has 8 nitrogen and oxygen atoms in total. The van der Waals surface area contributed by atoms with Gasteiger partial charge >= 0.3 is 6.03 Å². The van der Waals surface area contributed by atoms with Crippen molar-refractivity contribution in [3.63, 3.8) is 0 Å². The van der Waals surface area contributed by atoms with Crippen LogP contribution in [0.4, 0.5) is 10.5 Å². The number of aliphatic hydroxyl groups is 1. The lowest BCUT2D eigenvalue weighted by molar-refractivity contribution is -0.137. The number of halogens is 2. The third kappa shape index (κ3) is 5.15. The van der Waals surface area contributed by atoms with Gasteiger partial charge in [-0.15, -0.1) is 0 Å². The topological polar surface area (TPSA) is 88.5 Å². The van der Waals surface area contributed by atoms with Crippen LogP contribution in [0.25, 0.3) is 0 Å². The van der Waals surface area contributed by atoms with E-state index in [4.69, 9.17) is 28.2 Å². The molecule has 198 valence electrons. The molecule has 0 spiro atoms. The van der Waals surface area contributed by atoms with Crippen molar-refractivity contribution in [1.82, 2.24) is 14.7 Å². The van der Waals surface area contributed by atoms with Crippen LogP contribution in [-0.2, 0) is 17.8 Å². The number of benzene rings is 2. The van der Waals surface area contributed by atoms with E-state index in [1.54, 1.807) is 37.2 Å². The Kier molecular flexibility index (Phi) is 8.31. The Labute approximate surface area is 227 Å². The number of rotatable bonds is 5. The predicted octanol–water partition coefficient (Wildman–Crippen LogP) is 4.93. The molecule has 10 heteroatoms. The molecule has 3 unspecified atom stereocenters. The maximum atomic E-state index is 13.4. The summed E-state index contributed by atoms with van der Waals surface area (Å²) < 4.78 is 0. The normalized spacial score (nSPS) is 22.4. The van der Waals surface area contributed by atoms with Gasteiger partial charge in [0.2, 0.25) is 5.96 Å². The molecular weight excluding hydrogens is 513 g/mol. The van der Waals surface area contributed by atoms with Gasteiger partial charge in [-0.2, -0.15) is 0 Å².